The zero-order valence-corrected chi connectivity index (χ0v) is 18.2. The van der Waals surface area contributed by atoms with Crippen molar-refractivity contribution in [3.63, 3.8) is 0 Å². The van der Waals surface area contributed by atoms with Crippen molar-refractivity contribution in [2.75, 3.05) is 5.32 Å². The van der Waals surface area contributed by atoms with Crippen LogP contribution in [0.25, 0.3) is 10.9 Å². The second-order valence-electron chi connectivity index (χ2n) is 7.11. The van der Waals surface area contributed by atoms with Gasteiger partial charge in [0.2, 0.25) is 5.91 Å². The van der Waals surface area contributed by atoms with Crippen LogP contribution in [-0.4, -0.2) is 21.4 Å². The number of nitrogens with zero attached hydrogens (tertiary/aromatic N) is 1. The predicted molar refractivity (Wildman–Crippen MR) is 125 cm³/mol. The van der Waals surface area contributed by atoms with E-state index in [1.54, 1.807) is 43.3 Å². The monoisotopic (exact) mass is 436 g/mol. The van der Waals surface area contributed by atoms with Crippen molar-refractivity contribution in [2.24, 2.45) is 0 Å². The lowest BCUT2D eigenvalue weighted by molar-refractivity contribution is -0.115. The summed E-state index contributed by atoms with van der Waals surface area (Å²) in [6, 6.07) is 11.9. The summed E-state index contributed by atoms with van der Waals surface area (Å²) in [4.78, 5) is 39.8. The molecule has 3 rings (SSSR count). The Kier molecular flexibility index (Phi) is 6.81. The smallest absolute Gasteiger partial charge is 0.262 e. The van der Waals surface area contributed by atoms with Gasteiger partial charge in [-0.3, -0.25) is 19.0 Å². The third-order valence-corrected chi connectivity index (χ3v) is 5.24. The van der Waals surface area contributed by atoms with E-state index in [9.17, 15) is 14.4 Å². The van der Waals surface area contributed by atoms with E-state index in [0.29, 0.717) is 35.1 Å². The van der Waals surface area contributed by atoms with E-state index < -0.39 is 0 Å². The first-order valence-corrected chi connectivity index (χ1v) is 10.3. The van der Waals surface area contributed by atoms with Crippen molar-refractivity contribution in [2.45, 2.75) is 32.9 Å². The lowest BCUT2D eigenvalue weighted by atomic mass is 10.1. The topological polar surface area (TPSA) is 96.0 Å². The van der Waals surface area contributed by atoms with Gasteiger partial charge in [-0.1, -0.05) is 25.1 Å². The minimum absolute atomic E-state index is 0.0549. The van der Waals surface area contributed by atoms with Gasteiger partial charge in [-0.2, -0.15) is 0 Å². The minimum atomic E-state index is -0.271. The van der Waals surface area contributed by atoms with E-state index in [1.165, 1.54) is 4.57 Å². The van der Waals surface area contributed by atoms with Crippen molar-refractivity contribution in [1.82, 2.24) is 14.9 Å². The van der Waals surface area contributed by atoms with Crippen LogP contribution in [0.4, 0.5) is 5.69 Å². The number of carbonyl (C=O) groups is 2. The summed E-state index contributed by atoms with van der Waals surface area (Å²) < 4.78 is 1.69. The number of nitrogens with one attached hydrogen (secondary N) is 3. The highest BCUT2D eigenvalue weighted by atomic mass is 32.1. The molecule has 0 fully saturated rings. The molecule has 0 aliphatic heterocycles. The van der Waals surface area contributed by atoms with Gasteiger partial charge in [0, 0.05) is 24.2 Å². The molecule has 0 bridgehead atoms. The van der Waals surface area contributed by atoms with E-state index in [4.69, 9.17) is 12.2 Å². The summed E-state index contributed by atoms with van der Waals surface area (Å²) in [6.45, 7) is 7.61. The molecule has 8 heteroatoms. The summed E-state index contributed by atoms with van der Waals surface area (Å²) in [6.07, 6.45) is 2.01. The van der Waals surface area contributed by atoms with Crippen molar-refractivity contribution < 1.29 is 9.59 Å². The molecule has 1 unspecified atom stereocenters. The molecule has 3 aromatic rings. The Bertz CT molecular complexity index is 1260. The van der Waals surface area contributed by atoms with Gasteiger partial charge in [0.15, 0.2) is 4.77 Å². The van der Waals surface area contributed by atoms with E-state index in [1.807, 2.05) is 19.1 Å². The van der Waals surface area contributed by atoms with Crippen LogP contribution in [0.15, 0.2) is 59.9 Å². The fourth-order valence-corrected chi connectivity index (χ4v) is 3.43. The molecule has 0 aliphatic carbocycles. The SMILES string of the molecule is C=CCn1c(=S)[nH]c2cc(C(=O)NC(C)c3ccc(NC(=O)CC)cc3)ccc2c1=O. The summed E-state index contributed by atoms with van der Waals surface area (Å²) >= 11 is 5.25. The highest BCUT2D eigenvalue weighted by Crippen LogP contribution is 2.18. The molecule has 31 heavy (non-hydrogen) atoms. The molecular formula is C23H24N4O3S. The second kappa shape index (κ2) is 9.53. The number of hydrogen-bond donors (Lipinski definition) is 3. The number of carbonyl (C=O) groups excluding carboxylic acids is 2. The van der Waals surface area contributed by atoms with Crippen molar-refractivity contribution in [1.29, 1.82) is 0 Å². The molecule has 0 spiro atoms. The third kappa shape index (κ3) is 4.97. The zero-order chi connectivity index (χ0) is 22.5. The molecule has 2 amide bonds. The highest BCUT2D eigenvalue weighted by molar-refractivity contribution is 7.71. The Morgan fingerprint density at radius 1 is 1.23 bits per heavy atom. The van der Waals surface area contributed by atoms with E-state index in [2.05, 4.69) is 22.2 Å². The molecule has 0 aliphatic rings. The van der Waals surface area contributed by atoms with Gasteiger partial charge < -0.3 is 15.6 Å². The van der Waals surface area contributed by atoms with Crippen LogP contribution < -0.4 is 16.2 Å². The van der Waals surface area contributed by atoms with Crippen molar-refractivity contribution in [3.8, 4) is 0 Å². The van der Waals surface area contributed by atoms with Gasteiger partial charge in [-0.05, 0) is 55.0 Å². The molecule has 2 aromatic carbocycles. The van der Waals surface area contributed by atoms with Gasteiger partial charge in [0.25, 0.3) is 11.5 Å². The lowest BCUT2D eigenvalue weighted by Crippen LogP contribution is -2.27. The molecule has 0 saturated heterocycles. The number of aromatic amines is 1. The van der Waals surface area contributed by atoms with Crippen LogP contribution >= 0.6 is 12.2 Å². The fourth-order valence-electron chi connectivity index (χ4n) is 3.16. The number of allylic oxidation sites excluding steroid dienone is 1. The quantitative estimate of drug-likeness (QED) is 0.384. The van der Waals surface area contributed by atoms with Crippen LogP contribution in [0.1, 0.15) is 42.2 Å². The number of hydrogen-bond acceptors (Lipinski definition) is 4. The number of H-pyrrole nitrogens is 1. The number of anilines is 1. The minimum Gasteiger partial charge on any atom is -0.346 e. The van der Waals surface area contributed by atoms with Crippen molar-refractivity contribution >= 4 is 40.6 Å². The Hall–Kier alpha value is -3.52. The second-order valence-corrected chi connectivity index (χ2v) is 7.50. The summed E-state index contributed by atoms with van der Waals surface area (Å²) in [5.41, 5.74) is 2.30. The third-order valence-electron chi connectivity index (χ3n) is 4.92. The largest absolute Gasteiger partial charge is 0.346 e. The number of fused-ring (bicyclic) bond motifs is 1. The van der Waals surface area contributed by atoms with Crippen LogP contribution in [0.3, 0.4) is 0 Å². The molecule has 160 valence electrons. The molecule has 1 atom stereocenters. The molecule has 0 saturated carbocycles. The average Bonchev–Trinajstić information content (AvgIpc) is 2.76. The molecular weight excluding hydrogens is 412 g/mol. The van der Waals surface area contributed by atoms with Gasteiger partial charge in [0.1, 0.15) is 0 Å². The van der Waals surface area contributed by atoms with Gasteiger partial charge in [-0.25, -0.2) is 0 Å². The summed E-state index contributed by atoms with van der Waals surface area (Å²) in [5.74, 6) is -0.326. The maximum atomic E-state index is 12.8. The highest BCUT2D eigenvalue weighted by Gasteiger charge is 2.14. The number of aromatic nitrogens is 2. The summed E-state index contributed by atoms with van der Waals surface area (Å²) in [5, 5.41) is 6.19. The number of rotatable bonds is 7. The Morgan fingerprint density at radius 2 is 1.94 bits per heavy atom. The standard InChI is InChI=1S/C23H24N4O3S/c1-4-12-27-22(30)18-11-8-16(13-19(18)26-23(27)31)21(29)24-14(3)15-6-9-17(10-7-15)25-20(28)5-2/h4,6-11,13-14H,1,5,12H2,2-3H3,(H,24,29)(H,25,28)(H,26,31). The zero-order valence-electron chi connectivity index (χ0n) is 17.4. The van der Waals surface area contributed by atoms with Crippen molar-refractivity contribution in [3.05, 3.63) is 81.4 Å². The van der Waals surface area contributed by atoms with Crippen LogP contribution in [0.5, 0.6) is 0 Å². The number of benzene rings is 2. The molecule has 7 nitrogen and oxygen atoms in total. The normalized spacial score (nSPS) is 11.7. The molecule has 1 heterocycles. The van der Waals surface area contributed by atoms with Crippen LogP contribution in [0, 0.1) is 4.77 Å². The number of amides is 2. The van der Waals surface area contributed by atoms with Gasteiger partial charge in [0.05, 0.1) is 16.9 Å². The van der Waals surface area contributed by atoms with E-state index in [0.717, 1.165) is 5.56 Å². The van der Waals surface area contributed by atoms with Crippen LogP contribution in [-0.2, 0) is 11.3 Å². The van der Waals surface area contributed by atoms with Crippen LogP contribution in [0.2, 0.25) is 0 Å². The Labute approximate surface area is 184 Å². The fraction of sp³-hybridized carbons (Fsp3) is 0.217. The van der Waals surface area contributed by atoms with E-state index >= 15 is 0 Å². The first-order chi connectivity index (χ1) is 14.8. The Morgan fingerprint density at radius 3 is 2.58 bits per heavy atom. The van der Waals surface area contributed by atoms with Gasteiger partial charge in [-0.15, -0.1) is 6.58 Å². The first kappa shape index (κ1) is 22.2. The average molecular weight is 437 g/mol. The Balaban J connectivity index is 1.79. The van der Waals surface area contributed by atoms with E-state index in [-0.39, 0.29) is 28.2 Å². The first-order valence-electron chi connectivity index (χ1n) is 9.92. The predicted octanol–water partition coefficient (Wildman–Crippen LogP) is 4.08. The maximum absolute atomic E-state index is 12.8. The summed E-state index contributed by atoms with van der Waals surface area (Å²) in [7, 11) is 0. The molecule has 0 radical (unpaired) electrons. The molecule has 3 N–H and O–H groups in total. The molecule has 1 aromatic heterocycles. The van der Waals surface area contributed by atoms with Gasteiger partial charge >= 0.3 is 0 Å². The lowest BCUT2D eigenvalue weighted by Gasteiger charge is -2.15. The maximum Gasteiger partial charge on any atom is 0.262 e.